The Bertz CT molecular complexity index is 416. The van der Waals surface area contributed by atoms with Crippen molar-refractivity contribution in [1.82, 2.24) is 5.32 Å². The summed E-state index contributed by atoms with van der Waals surface area (Å²) in [6, 6.07) is 3.96. The van der Waals surface area contributed by atoms with Crippen LogP contribution in [0.1, 0.15) is 30.9 Å². The molecule has 0 heterocycles. The number of hydrogen-bond acceptors (Lipinski definition) is 3. The summed E-state index contributed by atoms with van der Waals surface area (Å²) in [6.45, 7) is 1.86. The molecule has 0 bridgehead atoms. The summed E-state index contributed by atoms with van der Waals surface area (Å²) in [5, 5.41) is 11.5. The van der Waals surface area contributed by atoms with Gasteiger partial charge in [0.25, 0.3) is 0 Å². The van der Waals surface area contributed by atoms with Gasteiger partial charge < -0.3 is 16.2 Å². The van der Waals surface area contributed by atoms with E-state index in [0.717, 1.165) is 6.42 Å². The van der Waals surface area contributed by atoms with Gasteiger partial charge in [0.2, 0.25) is 5.91 Å². The highest BCUT2D eigenvalue weighted by Crippen LogP contribution is 2.10. The Balaban J connectivity index is 0.00000324. The number of aliphatic hydroxyl groups excluding tert-OH is 1. The van der Waals surface area contributed by atoms with Crippen LogP contribution in [0.25, 0.3) is 0 Å². The second-order valence-electron chi connectivity index (χ2n) is 4.20. The van der Waals surface area contributed by atoms with Gasteiger partial charge in [-0.15, -0.1) is 12.4 Å². The Morgan fingerprint density at radius 3 is 2.74 bits per heavy atom. The van der Waals surface area contributed by atoms with Crippen molar-refractivity contribution in [3.63, 3.8) is 0 Å². The molecule has 6 heteroatoms. The first kappa shape index (κ1) is 17.8. The quantitative estimate of drug-likeness (QED) is 0.743. The van der Waals surface area contributed by atoms with Crippen molar-refractivity contribution in [2.75, 3.05) is 0 Å². The van der Waals surface area contributed by atoms with Crippen molar-refractivity contribution in [3.8, 4) is 0 Å². The van der Waals surface area contributed by atoms with E-state index in [4.69, 9.17) is 10.8 Å². The van der Waals surface area contributed by atoms with Crippen LogP contribution in [0.5, 0.6) is 0 Å². The van der Waals surface area contributed by atoms with Gasteiger partial charge in [-0.2, -0.15) is 0 Å². The molecular weight excluding hydrogens is 271 g/mol. The van der Waals surface area contributed by atoms with Crippen LogP contribution >= 0.6 is 12.4 Å². The summed E-state index contributed by atoms with van der Waals surface area (Å²) in [4.78, 5) is 11.5. The van der Waals surface area contributed by atoms with E-state index < -0.39 is 11.9 Å². The van der Waals surface area contributed by atoms with Gasteiger partial charge >= 0.3 is 0 Å². The van der Waals surface area contributed by atoms with Gasteiger partial charge in [0, 0.05) is 12.1 Å². The minimum Gasteiger partial charge on any atom is -0.392 e. The lowest BCUT2D eigenvalue weighted by molar-refractivity contribution is -0.122. The largest absolute Gasteiger partial charge is 0.392 e. The predicted octanol–water partition coefficient (Wildman–Crippen LogP) is 1.48. The molecule has 1 aromatic rings. The van der Waals surface area contributed by atoms with Gasteiger partial charge in [-0.1, -0.05) is 25.5 Å². The van der Waals surface area contributed by atoms with E-state index in [-0.39, 0.29) is 37.0 Å². The summed E-state index contributed by atoms with van der Waals surface area (Å²) < 4.78 is 13.4. The molecule has 1 atom stereocenters. The number of carbonyl (C=O) groups is 1. The summed E-state index contributed by atoms with van der Waals surface area (Å²) in [5.41, 5.74) is 6.53. The second-order valence-corrected chi connectivity index (χ2v) is 4.20. The Hall–Kier alpha value is -1.17. The molecule has 4 nitrogen and oxygen atoms in total. The molecule has 0 aliphatic heterocycles. The molecule has 4 N–H and O–H groups in total. The van der Waals surface area contributed by atoms with Crippen molar-refractivity contribution in [1.29, 1.82) is 0 Å². The first-order valence-electron chi connectivity index (χ1n) is 6.00. The number of halogens is 2. The fourth-order valence-electron chi connectivity index (χ4n) is 1.59. The van der Waals surface area contributed by atoms with Crippen molar-refractivity contribution in [2.45, 2.75) is 39.0 Å². The minimum atomic E-state index is -0.517. The van der Waals surface area contributed by atoms with E-state index in [9.17, 15) is 9.18 Å². The zero-order valence-corrected chi connectivity index (χ0v) is 11.7. The highest BCUT2D eigenvalue weighted by atomic mass is 35.5. The molecule has 0 aliphatic carbocycles. The average Bonchev–Trinajstić information content (AvgIpc) is 2.36. The van der Waals surface area contributed by atoms with E-state index in [2.05, 4.69) is 5.32 Å². The Labute approximate surface area is 118 Å². The molecule has 0 aliphatic rings. The van der Waals surface area contributed by atoms with Crippen LogP contribution in [0.4, 0.5) is 4.39 Å². The summed E-state index contributed by atoms with van der Waals surface area (Å²) in [6.07, 6.45) is 1.47. The normalized spacial score (nSPS) is 11.6. The number of nitrogens with two attached hydrogens (primary N) is 1. The Morgan fingerprint density at radius 2 is 2.21 bits per heavy atom. The van der Waals surface area contributed by atoms with Crippen molar-refractivity contribution in [2.24, 2.45) is 5.73 Å². The lowest BCUT2D eigenvalue weighted by Crippen LogP contribution is -2.40. The first-order chi connectivity index (χ1) is 8.58. The van der Waals surface area contributed by atoms with Crippen molar-refractivity contribution >= 4 is 18.3 Å². The fourth-order valence-corrected chi connectivity index (χ4v) is 1.59. The Morgan fingerprint density at radius 1 is 1.53 bits per heavy atom. The van der Waals surface area contributed by atoms with Gasteiger partial charge in [0.05, 0.1) is 12.6 Å². The highest BCUT2D eigenvalue weighted by molar-refractivity contribution is 5.85. The first-order valence-corrected chi connectivity index (χ1v) is 6.00. The third kappa shape index (κ3) is 5.55. The smallest absolute Gasteiger partial charge is 0.237 e. The summed E-state index contributed by atoms with van der Waals surface area (Å²) >= 11 is 0. The van der Waals surface area contributed by atoms with E-state index in [1.54, 1.807) is 6.07 Å². The van der Waals surface area contributed by atoms with Crippen LogP contribution in [-0.2, 0) is 17.9 Å². The van der Waals surface area contributed by atoms with E-state index in [0.29, 0.717) is 12.0 Å². The SMILES string of the molecule is CCCC(N)C(=O)NCc1ccc(CO)c(F)c1.Cl. The minimum absolute atomic E-state index is 0. The van der Waals surface area contributed by atoms with Gasteiger partial charge in [0.1, 0.15) is 5.82 Å². The molecule has 1 aromatic carbocycles. The fraction of sp³-hybridized carbons (Fsp3) is 0.462. The van der Waals surface area contributed by atoms with Gasteiger partial charge in [-0.25, -0.2) is 4.39 Å². The van der Waals surface area contributed by atoms with Crippen LogP contribution in [0.3, 0.4) is 0 Å². The van der Waals surface area contributed by atoms with Crippen LogP contribution in [0.2, 0.25) is 0 Å². The number of rotatable bonds is 6. The standard InChI is InChI=1S/C13H19FN2O2.ClH/c1-2-3-12(15)13(18)16-7-9-4-5-10(8-17)11(14)6-9;/h4-6,12,17H,2-3,7-8,15H2,1H3,(H,16,18);1H. The zero-order chi connectivity index (χ0) is 13.5. The van der Waals surface area contributed by atoms with Crippen LogP contribution in [-0.4, -0.2) is 17.1 Å². The molecule has 1 unspecified atom stereocenters. The third-order valence-corrected chi connectivity index (χ3v) is 2.69. The van der Waals surface area contributed by atoms with Gasteiger partial charge in [-0.3, -0.25) is 4.79 Å². The lowest BCUT2D eigenvalue weighted by atomic mass is 10.1. The van der Waals surface area contributed by atoms with Crippen molar-refractivity contribution < 1.29 is 14.3 Å². The van der Waals surface area contributed by atoms with E-state index in [1.165, 1.54) is 12.1 Å². The van der Waals surface area contributed by atoms with E-state index in [1.807, 2.05) is 6.92 Å². The van der Waals surface area contributed by atoms with Crippen LogP contribution < -0.4 is 11.1 Å². The molecule has 1 rings (SSSR count). The molecule has 0 saturated heterocycles. The monoisotopic (exact) mass is 290 g/mol. The number of aliphatic hydroxyl groups is 1. The van der Waals surface area contributed by atoms with Crippen LogP contribution in [0, 0.1) is 5.82 Å². The Kier molecular flexibility index (Phi) is 8.30. The number of amides is 1. The molecule has 0 spiro atoms. The molecule has 0 radical (unpaired) electrons. The number of benzene rings is 1. The zero-order valence-electron chi connectivity index (χ0n) is 10.9. The molecule has 0 saturated carbocycles. The molecule has 0 fully saturated rings. The maximum atomic E-state index is 13.4. The summed E-state index contributed by atoms with van der Waals surface area (Å²) in [7, 11) is 0. The lowest BCUT2D eigenvalue weighted by Gasteiger charge is -2.11. The highest BCUT2D eigenvalue weighted by Gasteiger charge is 2.11. The maximum Gasteiger partial charge on any atom is 0.237 e. The van der Waals surface area contributed by atoms with E-state index >= 15 is 0 Å². The predicted molar refractivity (Wildman–Crippen MR) is 74.3 cm³/mol. The maximum absolute atomic E-state index is 13.4. The molecule has 0 aromatic heterocycles. The molecule has 108 valence electrons. The second kappa shape index (κ2) is 8.85. The summed E-state index contributed by atoms with van der Waals surface area (Å²) in [5.74, 6) is -0.703. The molecular formula is C13H20ClFN2O2. The molecule has 1 amide bonds. The average molecular weight is 291 g/mol. The molecule has 19 heavy (non-hydrogen) atoms. The number of hydrogen-bond donors (Lipinski definition) is 3. The third-order valence-electron chi connectivity index (χ3n) is 2.69. The van der Waals surface area contributed by atoms with Crippen LogP contribution in [0.15, 0.2) is 18.2 Å². The van der Waals surface area contributed by atoms with Gasteiger partial charge in [0.15, 0.2) is 0 Å². The number of carbonyl (C=O) groups excluding carboxylic acids is 1. The topological polar surface area (TPSA) is 75.4 Å². The van der Waals surface area contributed by atoms with Crippen molar-refractivity contribution in [3.05, 3.63) is 35.1 Å². The van der Waals surface area contributed by atoms with Gasteiger partial charge in [-0.05, 0) is 18.1 Å². The number of nitrogens with one attached hydrogen (secondary N) is 1.